The zero-order chi connectivity index (χ0) is 8.97. The minimum Gasteiger partial charge on any atom is -0.198 e. The Morgan fingerprint density at radius 2 is 2.42 bits per heavy atom. The molecule has 0 radical (unpaired) electrons. The van der Waals surface area contributed by atoms with Crippen molar-refractivity contribution in [1.82, 2.24) is 0 Å². The predicted octanol–water partition coefficient (Wildman–Crippen LogP) is 3.59. The minimum atomic E-state index is 0.0931. The SMILES string of the molecule is N#CC(CBr)Cc1cc(Br)cs1. The normalized spacial score (nSPS) is 12.4. The fourth-order valence-corrected chi connectivity index (χ4v) is 2.74. The number of thiophene rings is 1. The van der Waals surface area contributed by atoms with Gasteiger partial charge in [-0.3, -0.25) is 0 Å². The maximum absolute atomic E-state index is 8.71. The summed E-state index contributed by atoms with van der Waals surface area (Å²) >= 11 is 8.38. The largest absolute Gasteiger partial charge is 0.198 e. The Bertz CT molecular complexity index is 289. The summed E-state index contributed by atoms with van der Waals surface area (Å²) in [6.07, 6.45) is 0.845. The second kappa shape index (κ2) is 5.00. The molecule has 0 fully saturated rings. The van der Waals surface area contributed by atoms with Crippen LogP contribution in [0, 0.1) is 17.2 Å². The van der Waals surface area contributed by atoms with E-state index in [-0.39, 0.29) is 5.92 Å². The molecule has 0 aliphatic heterocycles. The molecule has 4 heteroatoms. The molecule has 1 atom stereocenters. The molecule has 0 bridgehead atoms. The molecule has 0 saturated heterocycles. The number of nitriles is 1. The summed E-state index contributed by atoms with van der Waals surface area (Å²) in [5.74, 6) is 0.0931. The summed E-state index contributed by atoms with van der Waals surface area (Å²) < 4.78 is 1.11. The summed E-state index contributed by atoms with van der Waals surface area (Å²) in [6.45, 7) is 0. The fraction of sp³-hybridized carbons (Fsp3) is 0.375. The van der Waals surface area contributed by atoms with Gasteiger partial charge in [-0.25, -0.2) is 0 Å². The first-order chi connectivity index (χ1) is 5.76. The van der Waals surface area contributed by atoms with Crippen molar-refractivity contribution in [2.24, 2.45) is 5.92 Å². The fourth-order valence-electron chi connectivity index (χ4n) is 0.838. The van der Waals surface area contributed by atoms with E-state index in [9.17, 15) is 0 Å². The summed E-state index contributed by atoms with van der Waals surface area (Å²) in [4.78, 5) is 1.26. The third-order valence-corrected chi connectivity index (χ3v) is 3.94. The van der Waals surface area contributed by atoms with Crippen molar-refractivity contribution in [2.75, 3.05) is 5.33 Å². The molecule has 1 unspecified atom stereocenters. The monoisotopic (exact) mass is 307 g/mol. The molecule has 1 nitrogen and oxygen atoms in total. The highest BCUT2D eigenvalue weighted by molar-refractivity contribution is 9.10. The van der Waals surface area contributed by atoms with E-state index >= 15 is 0 Å². The summed E-state index contributed by atoms with van der Waals surface area (Å²) in [7, 11) is 0. The summed E-state index contributed by atoms with van der Waals surface area (Å²) in [6, 6.07) is 4.32. The topological polar surface area (TPSA) is 23.8 Å². The van der Waals surface area contributed by atoms with Gasteiger partial charge in [0.2, 0.25) is 0 Å². The molecule has 1 aromatic heterocycles. The molecule has 0 saturated carbocycles. The van der Waals surface area contributed by atoms with E-state index in [2.05, 4.69) is 44.0 Å². The highest BCUT2D eigenvalue weighted by Crippen LogP contribution is 2.22. The van der Waals surface area contributed by atoms with Crippen LogP contribution in [0.2, 0.25) is 0 Å². The van der Waals surface area contributed by atoms with Crippen LogP contribution < -0.4 is 0 Å². The van der Waals surface area contributed by atoms with Crippen molar-refractivity contribution >= 4 is 43.2 Å². The molecular weight excluding hydrogens is 302 g/mol. The molecule has 64 valence electrons. The maximum Gasteiger partial charge on any atom is 0.0668 e. The molecule has 12 heavy (non-hydrogen) atoms. The van der Waals surface area contributed by atoms with Crippen molar-refractivity contribution in [3.63, 3.8) is 0 Å². The Kier molecular flexibility index (Phi) is 4.27. The average molecular weight is 309 g/mol. The molecule has 0 N–H and O–H groups in total. The summed E-state index contributed by atoms with van der Waals surface area (Å²) in [5, 5.41) is 11.5. The number of alkyl halides is 1. The van der Waals surface area contributed by atoms with Crippen molar-refractivity contribution in [3.05, 3.63) is 20.8 Å². The standard InChI is InChI=1S/C8H7Br2NS/c9-3-6(4-11)1-8-2-7(10)5-12-8/h2,5-6H,1,3H2. The van der Waals surface area contributed by atoms with Gasteiger partial charge in [0.15, 0.2) is 0 Å². The highest BCUT2D eigenvalue weighted by atomic mass is 79.9. The molecule has 1 aromatic rings. The van der Waals surface area contributed by atoms with E-state index in [0.717, 1.165) is 16.2 Å². The lowest BCUT2D eigenvalue weighted by Gasteiger charge is -2.00. The number of rotatable bonds is 3. The quantitative estimate of drug-likeness (QED) is 0.783. The van der Waals surface area contributed by atoms with Crippen LogP contribution in [0.15, 0.2) is 15.9 Å². The zero-order valence-electron chi connectivity index (χ0n) is 6.26. The number of hydrogen-bond donors (Lipinski definition) is 0. The van der Waals surface area contributed by atoms with Crippen LogP contribution in [0.1, 0.15) is 4.88 Å². The minimum absolute atomic E-state index is 0.0931. The van der Waals surface area contributed by atoms with E-state index < -0.39 is 0 Å². The Hall–Kier alpha value is 0.150. The van der Waals surface area contributed by atoms with Gasteiger partial charge in [0, 0.05) is 20.1 Å². The second-order valence-corrected chi connectivity index (χ2v) is 4.97. The van der Waals surface area contributed by atoms with E-state index in [4.69, 9.17) is 5.26 Å². The Morgan fingerprint density at radius 1 is 1.67 bits per heavy atom. The first kappa shape index (κ1) is 10.2. The molecule has 1 heterocycles. The van der Waals surface area contributed by atoms with Gasteiger partial charge in [0.25, 0.3) is 0 Å². The lowest BCUT2D eigenvalue weighted by atomic mass is 10.1. The van der Waals surface area contributed by atoms with Gasteiger partial charge in [0.05, 0.1) is 12.0 Å². The van der Waals surface area contributed by atoms with Gasteiger partial charge >= 0.3 is 0 Å². The summed E-state index contributed by atoms with van der Waals surface area (Å²) in [5.41, 5.74) is 0. The van der Waals surface area contributed by atoms with Crippen LogP contribution in [0.25, 0.3) is 0 Å². The van der Waals surface area contributed by atoms with Crippen LogP contribution in [0.5, 0.6) is 0 Å². The van der Waals surface area contributed by atoms with Gasteiger partial charge in [-0.15, -0.1) is 11.3 Å². The Labute approximate surface area is 92.7 Å². The smallest absolute Gasteiger partial charge is 0.0668 e. The van der Waals surface area contributed by atoms with E-state index in [0.29, 0.717) is 0 Å². The van der Waals surface area contributed by atoms with E-state index in [1.54, 1.807) is 11.3 Å². The third kappa shape index (κ3) is 2.89. The van der Waals surface area contributed by atoms with E-state index in [1.807, 2.05) is 5.38 Å². The lowest BCUT2D eigenvalue weighted by Crippen LogP contribution is -2.00. The van der Waals surface area contributed by atoms with E-state index in [1.165, 1.54) is 4.88 Å². The average Bonchev–Trinajstić information content (AvgIpc) is 2.47. The van der Waals surface area contributed by atoms with Gasteiger partial charge in [-0.05, 0) is 28.4 Å². The molecule has 0 amide bonds. The highest BCUT2D eigenvalue weighted by Gasteiger charge is 2.07. The van der Waals surface area contributed by atoms with Crippen molar-refractivity contribution in [3.8, 4) is 6.07 Å². The van der Waals surface area contributed by atoms with Crippen LogP contribution >= 0.6 is 43.2 Å². The second-order valence-electron chi connectivity index (χ2n) is 2.42. The molecule has 1 rings (SSSR count). The lowest BCUT2D eigenvalue weighted by molar-refractivity contribution is 0.766. The number of nitrogens with zero attached hydrogens (tertiary/aromatic N) is 1. The van der Waals surface area contributed by atoms with Crippen LogP contribution in [-0.4, -0.2) is 5.33 Å². The third-order valence-electron chi connectivity index (χ3n) is 1.44. The van der Waals surface area contributed by atoms with Crippen LogP contribution in [-0.2, 0) is 6.42 Å². The van der Waals surface area contributed by atoms with Crippen molar-refractivity contribution < 1.29 is 0 Å². The predicted molar refractivity (Wildman–Crippen MR) is 58.6 cm³/mol. The first-order valence-corrected chi connectivity index (χ1v) is 6.24. The molecular formula is C8H7Br2NS. The van der Waals surface area contributed by atoms with Gasteiger partial charge in [-0.1, -0.05) is 15.9 Å². The molecule has 0 aromatic carbocycles. The van der Waals surface area contributed by atoms with Gasteiger partial charge < -0.3 is 0 Å². The van der Waals surface area contributed by atoms with Gasteiger partial charge in [-0.2, -0.15) is 5.26 Å². The number of hydrogen-bond acceptors (Lipinski definition) is 2. The Morgan fingerprint density at radius 3 is 2.83 bits per heavy atom. The molecule has 0 aliphatic carbocycles. The van der Waals surface area contributed by atoms with Crippen LogP contribution in [0.3, 0.4) is 0 Å². The first-order valence-electron chi connectivity index (χ1n) is 3.44. The van der Waals surface area contributed by atoms with Gasteiger partial charge in [0.1, 0.15) is 0 Å². The zero-order valence-corrected chi connectivity index (χ0v) is 10.2. The maximum atomic E-state index is 8.71. The molecule has 0 aliphatic rings. The van der Waals surface area contributed by atoms with Crippen molar-refractivity contribution in [2.45, 2.75) is 6.42 Å². The van der Waals surface area contributed by atoms with Crippen LogP contribution in [0.4, 0.5) is 0 Å². The molecule has 0 spiro atoms. The number of halogens is 2. The van der Waals surface area contributed by atoms with Crippen molar-refractivity contribution in [1.29, 1.82) is 5.26 Å². The Balaban J connectivity index is 2.58.